The Morgan fingerprint density at radius 2 is 2.20 bits per heavy atom. The summed E-state index contributed by atoms with van der Waals surface area (Å²) in [5.41, 5.74) is 1.52. The molecule has 0 fully saturated rings. The number of hydrogen-bond acceptors (Lipinski definition) is 2. The van der Waals surface area contributed by atoms with Crippen molar-refractivity contribution in [2.75, 3.05) is 0 Å². The van der Waals surface area contributed by atoms with E-state index < -0.39 is 0 Å². The quantitative estimate of drug-likeness (QED) is 0.587. The van der Waals surface area contributed by atoms with E-state index in [9.17, 15) is 0 Å². The second-order valence-electron chi connectivity index (χ2n) is 2.73. The predicted octanol–water partition coefficient (Wildman–Crippen LogP) is 1.33. The molecule has 1 aromatic heterocycles. The maximum Gasteiger partial charge on any atom is 0.371 e. The van der Waals surface area contributed by atoms with E-state index in [0.29, 0.717) is 5.75 Å². The van der Waals surface area contributed by atoms with Gasteiger partial charge in [-0.15, -0.1) is 23.8 Å². The smallest absolute Gasteiger partial charge is 0.371 e. The second-order valence-corrected chi connectivity index (χ2v) is 2.73. The van der Waals surface area contributed by atoms with E-state index in [1.807, 2.05) is 12.1 Å². The Labute approximate surface area is 103 Å². The van der Waals surface area contributed by atoms with Crippen LogP contribution in [-0.2, 0) is 20.1 Å². The van der Waals surface area contributed by atoms with Crippen LogP contribution in [0.25, 0.3) is 11.3 Å². The molecule has 0 amide bonds. The van der Waals surface area contributed by atoms with E-state index in [1.54, 1.807) is 18.3 Å². The Morgan fingerprint density at radius 3 is 2.80 bits per heavy atom. The van der Waals surface area contributed by atoms with Gasteiger partial charge in [0, 0.05) is 37.7 Å². The molecule has 0 saturated heterocycles. The van der Waals surface area contributed by atoms with Crippen LogP contribution in [-0.4, -0.2) is 17.8 Å². The van der Waals surface area contributed by atoms with E-state index in [-0.39, 0.29) is 20.1 Å². The van der Waals surface area contributed by atoms with E-state index in [1.165, 1.54) is 4.68 Å². The van der Waals surface area contributed by atoms with Crippen molar-refractivity contribution in [1.82, 2.24) is 9.78 Å². The molecular weight excluding hydrogens is 367 g/mol. The molecule has 5 radical (unpaired) electrons. The fraction of sp³-hybridized carbons (Fsp3) is 0. The van der Waals surface area contributed by atoms with Crippen LogP contribution in [0, 0.1) is 13.1 Å². The normalized spacial score (nSPS) is 9.40. The second kappa shape index (κ2) is 5.15. The third kappa shape index (κ3) is 2.70. The molecule has 0 aliphatic heterocycles. The summed E-state index contributed by atoms with van der Waals surface area (Å²) in [5, 5.41) is 4.02. The summed E-state index contributed by atoms with van der Waals surface area (Å²) in [6, 6.07) is 10.1. The van der Waals surface area contributed by atoms with Gasteiger partial charge in [-0.25, -0.2) is 5.10 Å². The van der Waals surface area contributed by atoms with Gasteiger partial charge in [0.15, 0.2) is 0 Å². The summed E-state index contributed by atoms with van der Waals surface area (Å²) < 4.78 is 5.80. The molecule has 3 nitrogen and oxygen atoms in total. The van der Waals surface area contributed by atoms with Crippen molar-refractivity contribution in [3.8, 4) is 17.0 Å². The summed E-state index contributed by atoms with van der Waals surface area (Å²) in [6.07, 6.45) is 1.65. The van der Waals surface area contributed by atoms with Gasteiger partial charge in [-0.2, -0.15) is 0 Å². The molecular formula is C10H6BIrN2O-. The molecule has 1 aromatic carbocycles. The standard InChI is InChI=1S/C10H6BN2O.Ir/c1-13-6-5-10(12-13)8-3-2-4-9(7-8)14-11;/h1-6H;/q-1;. The first-order valence-electron chi connectivity index (χ1n) is 4.00. The van der Waals surface area contributed by atoms with Crippen LogP contribution in [0.4, 0.5) is 0 Å². The van der Waals surface area contributed by atoms with Gasteiger partial charge in [0.25, 0.3) is 0 Å². The largest absolute Gasteiger partial charge is 0.581 e. The minimum atomic E-state index is 0. The molecule has 5 heteroatoms. The molecule has 0 aliphatic rings. The number of rotatable bonds is 2. The molecule has 0 aliphatic carbocycles. The molecule has 1 heterocycles. The van der Waals surface area contributed by atoms with Crippen molar-refractivity contribution in [2.45, 2.75) is 0 Å². The minimum absolute atomic E-state index is 0. The van der Waals surface area contributed by atoms with E-state index in [0.717, 1.165) is 11.3 Å². The number of hydrogen-bond donors (Lipinski definition) is 0. The van der Waals surface area contributed by atoms with Gasteiger partial charge in [0.2, 0.25) is 0 Å². The van der Waals surface area contributed by atoms with Crippen molar-refractivity contribution < 1.29 is 24.8 Å². The average Bonchev–Trinajstić information content (AvgIpc) is 2.65. The van der Waals surface area contributed by atoms with Crippen molar-refractivity contribution in [3.05, 3.63) is 43.6 Å². The van der Waals surface area contributed by atoms with E-state index in [2.05, 4.69) is 15.8 Å². The Kier molecular flexibility index (Phi) is 4.12. The predicted molar refractivity (Wildman–Crippen MR) is 52.6 cm³/mol. The van der Waals surface area contributed by atoms with Gasteiger partial charge in [0.05, 0.1) is 0 Å². The Bertz CT molecular complexity index is 444. The summed E-state index contributed by atoms with van der Waals surface area (Å²) in [5.74, 6) is 0.467. The first-order valence-corrected chi connectivity index (χ1v) is 4.00. The minimum Gasteiger partial charge on any atom is -0.581 e. The topological polar surface area (TPSA) is 27.1 Å². The fourth-order valence-electron chi connectivity index (χ4n) is 1.15. The third-order valence-electron chi connectivity index (χ3n) is 1.78. The Balaban J connectivity index is 0.00000112. The Hall–Kier alpha value is -1.06. The molecule has 0 unspecified atom stereocenters. The molecule has 0 N–H and O–H groups in total. The molecule has 2 rings (SSSR count). The summed E-state index contributed by atoms with van der Waals surface area (Å²) in [4.78, 5) is 0. The van der Waals surface area contributed by atoms with Gasteiger partial charge in [0.1, 0.15) is 7.05 Å². The molecule has 0 atom stereocenters. The van der Waals surface area contributed by atoms with E-state index in [4.69, 9.17) is 15.1 Å². The van der Waals surface area contributed by atoms with E-state index >= 15 is 0 Å². The van der Waals surface area contributed by atoms with Crippen molar-refractivity contribution in [2.24, 2.45) is 0 Å². The van der Waals surface area contributed by atoms with Gasteiger partial charge < -0.3 is 4.65 Å². The molecule has 0 saturated carbocycles. The number of nitrogens with zero attached hydrogens (tertiary/aromatic N) is 2. The van der Waals surface area contributed by atoms with Crippen LogP contribution in [0.3, 0.4) is 0 Å². The maximum absolute atomic E-state index is 5.42. The van der Waals surface area contributed by atoms with Crippen molar-refractivity contribution >= 4 is 8.05 Å². The first-order chi connectivity index (χ1) is 6.79. The van der Waals surface area contributed by atoms with Crippen molar-refractivity contribution in [3.63, 3.8) is 0 Å². The van der Waals surface area contributed by atoms with Crippen LogP contribution >= 0.6 is 0 Å². The molecule has 0 spiro atoms. The van der Waals surface area contributed by atoms with Crippen LogP contribution in [0.5, 0.6) is 5.75 Å². The van der Waals surface area contributed by atoms with Gasteiger partial charge in [-0.05, 0) is 0 Å². The molecule has 2 aromatic rings. The van der Waals surface area contributed by atoms with Crippen LogP contribution in [0.1, 0.15) is 0 Å². The molecule has 0 bridgehead atoms. The van der Waals surface area contributed by atoms with Gasteiger partial charge >= 0.3 is 8.05 Å². The van der Waals surface area contributed by atoms with Crippen molar-refractivity contribution in [1.29, 1.82) is 0 Å². The monoisotopic (exact) mass is 374 g/mol. The van der Waals surface area contributed by atoms with Crippen LogP contribution in [0.15, 0.2) is 30.5 Å². The van der Waals surface area contributed by atoms with Gasteiger partial charge in [-0.3, -0.25) is 4.68 Å². The summed E-state index contributed by atoms with van der Waals surface area (Å²) >= 11 is 0. The SMILES string of the molecule is [B]Oc1[c-]c(-c2ccn([CH])n2)ccc1.[Ir]. The number of aromatic nitrogens is 2. The average molecular weight is 373 g/mol. The zero-order valence-corrected chi connectivity index (χ0v) is 10.1. The van der Waals surface area contributed by atoms with Gasteiger partial charge in [-0.1, -0.05) is 12.1 Å². The zero-order chi connectivity index (χ0) is 9.97. The molecule has 75 valence electrons. The number of benzene rings is 1. The van der Waals surface area contributed by atoms with Crippen LogP contribution in [0.2, 0.25) is 0 Å². The van der Waals surface area contributed by atoms with Crippen LogP contribution < -0.4 is 4.65 Å². The third-order valence-corrected chi connectivity index (χ3v) is 1.78. The first kappa shape index (κ1) is 12.0. The maximum atomic E-state index is 5.42. The zero-order valence-electron chi connectivity index (χ0n) is 7.68. The molecule has 15 heavy (non-hydrogen) atoms. The summed E-state index contributed by atoms with van der Waals surface area (Å²) in [6.45, 7) is 0. The summed E-state index contributed by atoms with van der Waals surface area (Å²) in [7, 11) is 10.4. The Morgan fingerprint density at radius 1 is 1.40 bits per heavy atom. The fourth-order valence-corrected chi connectivity index (χ4v) is 1.15.